The van der Waals surface area contributed by atoms with Gasteiger partial charge in [0, 0.05) is 26.8 Å². The van der Waals surface area contributed by atoms with Crippen molar-refractivity contribution in [2.45, 2.75) is 0 Å². The van der Waals surface area contributed by atoms with Gasteiger partial charge in [-0.15, -0.1) is 5.10 Å². The second-order valence-corrected chi connectivity index (χ2v) is 3.77. The van der Waals surface area contributed by atoms with Crippen molar-refractivity contribution in [3.05, 3.63) is 25.3 Å². The summed E-state index contributed by atoms with van der Waals surface area (Å²) in [4.78, 5) is 2.02. The van der Waals surface area contributed by atoms with E-state index >= 15 is 0 Å². The Morgan fingerprint density at radius 2 is 2.31 bits per heavy atom. The number of fused-ring (bicyclic) bond motifs is 1. The van der Waals surface area contributed by atoms with Gasteiger partial charge >= 0.3 is 0 Å². The van der Waals surface area contributed by atoms with Gasteiger partial charge in [0.2, 0.25) is 0 Å². The quantitative estimate of drug-likeness (QED) is 0.813. The number of anilines is 3. The van der Waals surface area contributed by atoms with E-state index in [0.29, 0.717) is 18.1 Å². The third-order valence-corrected chi connectivity index (χ3v) is 2.45. The molecule has 0 amide bonds. The average molecular weight is 218 g/mol. The molecule has 85 valence electrons. The molecule has 5 nitrogen and oxygen atoms in total. The van der Waals surface area contributed by atoms with E-state index in [-0.39, 0.29) is 0 Å². The minimum absolute atomic E-state index is 0.561. The van der Waals surface area contributed by atoms with Gasteiger partial charge < -0.3 is 16.0 Å². The molecule has 2 heterocycles. The van der Waals surface area contributed by atoms with E-state index in [0.717, 1.165) is 11.2 Å². The van der Waals surface area contributed by atoms with Crippen LogP contribution in [0.3, 0.4) is 0 Å². The molecule has 2 aromatic rings. The summed E-state index contributed by atoms with van der Waals surface area (Å²) in [7, 11) is 3.96. The normalized spacial score (nSPS) is 10.7. The van der Waals surface area contributed by atoms with Crippen LogP contribution >= 0.6 is 0 Å². The van der Waals surface area contributed by atoms with Crippen molar-refractivity contribution in [3.8, 4) is 0 Å². The number of hydrogen-bond donors (Lipinski definition) is 2. The smallest absolute Gasteiger partial charge is 0.172 e. The Morgan fingerprint density at radius 3 is 2.94 bits per heavy atom. The van der Waals surface area contributed by atoms with E-state index in [1.807, 2.05) is 37.3 Å². The lowest BCUT2D eigenvalue weighted by molar-refractivity contribution is 0.953. The van der Waals surface area contributed by atoms with Crippen molar-refractivity contribution in [1.29, 1.82) is 0 Å². The molecule has 0 saturated heterocycles. The Kier molecular flexibility index (Phi) is 2.60. The molecule has 0 aliphatic carbocycles. The summed E-state index contributed by atoms with van der Waals surface area (Å²) in [6.07, 6.45) is 1.88. The van der Waals surface area contributed by atoms with Crippen LogP contribution in [-0.4, -0.2) is 30.3 Å². The average Bonchev–Trinajstić information content (AvgIpc) is 2.57. The topological polar surface area (TPSA) is 58.6 Å². The zero-order valence-electron chi connectivity index (χ0n) is 9.57. The Bertz CT molecular complexity index is 500. The summed E-state index contributed by atoms with van der Waals surface area (Å²) in [6, 6.07) is 3.96. The van der Waals surface area contributed by atoms with E-state index in [1.54, 1.807) is 4.52 Å². The standard InChI is InChI=1S/C11H16N5/c1-4-13-11-9(12)10-8(15(2)3)6-5-7-16(10)14-11/h5-7H,1,4,12H2,2-3H3,(H,13,14). The molecular formula is C11H16N5. The van der Waals surface area contributed by atoms with Gasteiger partial charge in [0.1, 0.15) is 11.2 Å². The first-order chi connectivity index (χ1) is 7.65. The van der Waals surface area contributed by atoms with E-state index in [4.69, 9.17) is 5.73 Å². The van der Waals surface area contributed by atoms with Crippen molar-refractivity contribution in [1.82, 2.24) is 9.61 Å². The molecule has 3 N–H and O–H groups in total. The summed E-state index contributed by atoms with van der Waals surface area (Å²) >= 11 is 0. The van der Waals surface area contributed by atoms with E-state index < -0.39 is 0 Å². The van der Waals surface area contributed by atoms with Gasteiger partial charge in [-0.3, -0.25) is 0 Å². The number of nitrogens with zero attached hydrogens (tertiary/aromatic N) is 3. The van der Waals surface area contributed by atoms with Crippen LogP contribution in [0.2, 0.25) is 0 Å². The van der Waals surface area contributed by atoms with E-state index in [2.05, 4.69) is 17.3 Å². The highest BCUT2D eigenvalue weighted by Gasteiger charge is 2.13. The highest BCUT2D eigenvalue weighted by atomic mass is 15.3. The van der Waals surface area contributed by atoms with Crippen LogP contribution in [0.1, 0.15) is 0 Å². The van der Waals surface area contributed by atoms with Crippen LogP contribution in [0.5, 0.6) is 0 Å². The molecular weight excluding hydrogens is 202 g/mol. The summed E-state index contributed by atoms with van der Waals surface area (Å²) in [5, 5.41) is 7.40. The molecule has 0 aliphatic heterocycles. The van der Waals surface area contributed by atoms with Crippen LogP contribution in [0, 0.1) is 6.92 Å². The van der Waals surface area contributed by atoms with Gasteiger partial charge in [0.05, 0.1) is 5.69 Å². The lowest BCUT2D eigenvalue weighted by atomic mass is 10.3. The summed E-state index contributed by atoms with van der Waals surface area (Å²) in [5.41, 5.74) is 8.69. The fourth-order valence-electron chi connectivity index (χ4n) is 1.71. The van der Waals surface area contributed by atoms with Gasteiger partial charge in [0.25, 0.3) is 0 Å². The summed E-state index contributed by atoms with van der Waals surface area (Å²) in [5.74, 6) is 0.685. The lowest BCUT2D eigenvalue weighted by Crippen LogP contribution is -2.10. The Morgan fingerprint density at radius 1 is 1.56 bits per heavy atom. The van der Waals surface area contributed by atoms with Crippen LogP contribution < -0.4 is 16.0 Å². The minimum atomic E-state index is 0.561. The van der Waals surface area contributed by atoms with Gasteiger partial charge in [0.15, 0.2) is 5.82 Å². The second kappa shape index (κ2) is 3.92. The van der Waals surface area contributed by atoms with Crippen LogP contribution in [0.4, 0.5) is 17.2 Å². The van der Waals surface area contributed by atoms with Crippen molar-refractivity contribution in [3.63, 3.8) is 0 Å². The predicted molar refractivity (Wildman–Crippen MR) is 67.8 cm³/mol. The van der Waals surface area contributed by atoms with Crippen molar-refractivity contribution in [2.24, 2.45) is 0 Å². The lowest BCUT2D eigenvalue weighted by Gasteiger charge is -2.13. The van der Waals surface area contributed by atoms with E-state index in [1.165, 1.54) is 0 Å². The largest absolute Gasteiger partial charge is 0.394 e. The fourth-order valence-corrected chi connectivity index (χ4v) is 1.71. The zero-order valence-corrected chi connectivity index (χ0v) is 9.57. The fraction of sp³-hybridized carbons (Fsp3) is 0.273. The third kappa shape index (κ3) is 1.54. The molecule has 0 bridgehead atoms. The monoisotopic (exact) mass is 218 g/mol. The maximum atomic E-state index is 6.06. The van der Waals surface area contributed by atoms with Gasteiger partial charge in [-0.05, 0) is 19.1 Å². The Labute approximate surface area is 94.8 Å². The number of hydrogen-bond acceptors (Lipinski definition) is 4. The highest BCUT2D eigenvalue weighted by molar-refractivity contribution is 5.90. The first-order valence-electron chi connectivity index (χ1n) is 5.12. The van der Waals surface area contributed by atoms with Crippen molar-refractivity contribution in [2.75, 3.05) is 36.6 Å². The number of nitrogens with two attached hydrogens (primary N) is 1. The number of pyridine rings is 1. The Balaban J connectivity index is 2.67. The number of rotatable bonds is 3. The van der Waals surface area contributed by atoms with Crippen molar-refractivity contribution < 1.29 is 0 Å². The molecule has 0 unspecified atom stereocenters. The molecule has 5 heteroatoms. The summed E-state index contributed by atoms with van der Waals surface area (Å²) < 4.78 is 1.78. The third-order valence-electron chi connectivity index (χ3n) is 2.45. The van der Waals surface area contributed by atoms with Crippen LogP contribution in [0.15, 0.2) is 18.3 Å². The molecule has 0 saturated carbocycles. The molecule has 2 rings (SSSR count). The molecule has 16 heavy (non-hydrogen) atoms. The molecule has 0 spiro atoms. The first-order valence-corrected chi connectivity index (χ1v) is 5.12. The molecule has 0 atom stereocenters. The van der Waals surface area contributed by atoms with Crippen LogP contribution in [-0.2, 0) is 0 Å². The molecule has 2 aromatic heterocycles. The van der Waals surface area contributed by atoms with Crippen LogP contribution in [0.25, 0.3) is 5.52 Å². The molecule has 1 radical (unpaired) electrons. The second-order valence-electron chi connectivity index (χ2n) is 3.77. The van der Waals surface area contributed by atoms with Gasteiger partial charge in [-0.25, -0.2) is 4.52 Å². The first kappa shape index (κ1) is 10.6. The van der Waals surface area contributed by atoms with Crippen molar-refractivity contribution >= 4 is 22.7 Å². The maximum absolute atomic E-state index is 6.06. The maximum Gasteiger partial charge on any atom is 0.172 e. The predicted octanol–water partition coefficient (Wildman–Crippen LogP) is 1.23. The Hall–Kier alpha value is -1.91. The minimum Gasteiger partial charge on any atom is -0.394 e. The van der Waals surface area contributed by atoms with Gasteiger partial charge in [-0.1, -0.05) is 0 Å². The summed E-state index contributed by atoms with van der Waals surface area (Å²) in [6.45, 7) is 4.28. The molecule has 0 fully saturated rings. The zero-order chi connectivity index (χ0) is 11.7. The molecule has 0 aliphatic rings. The highest BCUT2D eigenvalue weighted by Crippen LogP contribution is 2.30. The van der Waals surface area contributed by atoms with E-state index in [9.17, 15) is 0 Å². The van der Waals surface area contributed by atoms with Gasteiger partial charge in [-0.2, -0.15) is 0 Å². The number of nitrogens with one attached hydrogen (secondary N) is 1. The number of nitrogen functional groups attached to an aromatic ring is 1. The molecule has 0 aromatic carbocycles. The SMILES string of the molecule is [CH2]CNc1nn2cccc(N(C)C)c2c1N. The number of aromatic nitrogens is 2.